The Morgan fingerprint density at radius 3 is 2.21 bits per heavy atom. The Balaban J connectivity index is 2.02. The van der Waals surface area contributed by atoms with Crippen molar-refractivity contribution in [1.29, 1.82) is 0 Å². The average Bonchev–Trinajstić information content (AvgIpc) is 2.44. The summed E-state index contributed by atoms with van der Waals surface area (Å²) in [5.74, 6) is 0. The van der Waals surface area contributed by atoms with Crippen LogP contribution in [-0.4, -0.2) is 13.7 Å². The number of benzene rings is 1. The molecule has 1 N–H and O–H groups in total. The second kappa shape index (κ2) is 11.0. The van der Waals surface area contributed by atoms with Crippen LogP contribution in [0.5, 0.6) is 0 Å². The molecule has 0 saturated carbocycles. The summed E-state index contributed by atoms with van der Waals surface area (Å²) >= 11 is 0. The van der Waals surface area contributed by atoms with Crippen molar-refractivity contribution >= 4 is 0 Å². The van der Waals surface area contributed by atoms with Crippen molar-refractivity contribution in [1.82, 2.24) is 5.32 Å². The van der Waals surface area contributed by atoms with Gasteiger partial charge in [-0.1, -0.05) is 63.3 Å². The number of hydrogen-bond acceptors (Lipinski definition) is 2. The monoisotopic (exact) mass is 263 g/mol. The van der Waals surface area contributed by atoms with Crippen LogP contribution in [0.1, 0.15) is 56.6 Å². The van der Waals surface area contributed by atoms with E-state index >= 15 is 0 Å². The highest BCUT2D eigenvalue weighted by Crippen LogP contribution is 2.08. The lowest BCUT2D eigenvalue weighted by molar-refractivity contribution is 0.116. The fraction of sp³-hybridized carbons (Fsp3) is 0.647. The van der Waals surface area contributed by atoms with Gasteiger partial charge in [0.25, 0.3) is 0 Å². The smallest absolute Gasteiger partial charge is 0.0716 e. The van der Waals surface area contributed by atoms with Crippen molar-refractivity contribution in [3.05, 3.63) is 35.4 Å². The third-order valence-electron chi connectivity index (χ3n) is 3.31. The molecule has 0 bridgehead atoms. The molecule has 0 aliphatic carbocycles. The Kier molecular flexibility index (Phi) is 9.38. The predicted octanol–water partition coefficient (Wildman–Crippen LogP) is 4.28. The largest absolute Gasteiger partial charge is 0.377 e. The van der Waals surface area contributed by atoms with E-state index < -0.39 is 0 Å². The minimum atomic E-state index is 0.745. The van der Waals surface area contributed by atoms with Gasteiger partial charge in [0, 0.05) is 13.2 Å². The normalized spacial score (nSPS) is 10.8. The van der Waals surface area contributed by atoms with Gasteiger partial charge in [0.1, 0.15) is 0 Å². The van der Waals surface area contributed by atoms with Gasteiger partial charge in [-0.15, -0.1) is 0 Å². The summed E-state index contributed by atoms with van der Waals surface area (Å²) in [5.41, 5.74) is 2.59. The average molecular weight is 263 g/mol. The van der Waals surface area contributed by atoms with E-state index in [2.05, 4.69) is 36.5 Å². The maximum atomic E-state index is 5.71. The summed E-state index contributed by atoms with van der Waals surface area (Å²) in [6, 6.07) is 8.65. The molecule has 0 heterocycles. The first kappa shape index (κ1) is 16.2. The second-order valence-corrected chi connectivity index (χ2v) is 5.17. The molecule has 2 heteroatoms. The molecule has 0 atom stereocenters. The van der Waals surface area contributed by atoms with E-state index in [-0.39, 0.29) is 0 Å². The molecular formula is C17H29NO. The predicted molar refractivity (Wildman–Crippen MR) is 82.2 cm³/mol. The van der Waals surface area contributed by atoms with Crippen LogP contribution in [0.2, 0.25) is 0 Å². The lowest BCUT2D eigenvalue weighted by Crippen LogP contribution is -2.04. The van der Waals surface area contributed by atoms with Gasteiger partial charge >= 0.3 is 0 Å². The number of rotatable bonds is 11. The quantitative estimate of drug-likeness (QED) is 0.602. The van der Waals surface area contributed by atoms with Crippen LogP contribution in [-0.2, 0) is 17.9 Å². The van der Waals surface area contributed by atoms with Crippen molar-refractivity contribution in [2.24, 2.45) is 0 Å². The molecule has 0 spiro atoms. The molecule has 0 aromatic heterocycles. The molecule has 0 saturated heterocycles. The van der Waals surface area contributed by atoms with E-state index in [0.717, 1.165) is 19.8 Å². The minimum absolute atomic E-state index is 0.745. The Labute approximate surface area is 118 Å². The summed E-state index contributed by atoms with van der Waals surface area (Å²) in [5, 5.41) is 3.15. The molecular weight excluding hydrogens is 234 g/mol. The van der Waals surface area contributed by atoms with E-state index in [0.29, 0.717) is 0 Å². The number of nitrogens with one attached hydrogen (secondary N) is 1. The summed E-state index contributed by atoms with van der Waals surface area (Å²) < 4.78 is 5.71. The number of hydrogen-bond donors (Lipinski definition) is 1. The first-order valence-electron chi connectivity index (χ1n) is 7.67. The highest BCUT2D eigenvalue weighted by atomic mass is 16.5. The van der Waals surface area contributed by atoms with E-state index in [1.54, 1.807) is 0 Å². The summed E-state index contributed by atoms with van der Waals surface area (Å²) in [4.78, 5) is 0. The van der Waals surface area contributed by atoms with E-state index in [9.17, 15) is 0 Å². The van der Waals surface area contributed by atoms with E-state index in [1.165, 1.54) is 49.7 Å². The highest BCUT2D eigenvalue weighted by molar-refractivity contribution is 5.21. The second-order valence-electron chi connectivity index (χ2n) is 5.17. The van der Waals surface area contributed by atoms with Crippen LogP contribution >= 0.6 is 0 Å². The standard InChI is InChI=1S/C17H29NO/c1-3-4-5-6-7-8-13-19-15-17-11-9-16(10-12-17)14-18-2/h9-12,18H,3-8,13-15H2,1-2H3. The van der Waals surface area contributed by atoms with Crippen LogP contribution in [0.4, 0.5) is 0 Å². The maximum absolute atomic E-state index is 5.71. The lowest BCUT2D eigenvalue weighted by Gasteiger charge is -2.06. The van der Waals surface area contributed by atoms with Crippen LogP contribution < -0.4 is 5.32 Å². The van der Waals surface area contributed by atoms with Crippen molar-refractivity contribution in [3.8, 4) is 0 Å². The molecule has 19 heavy (non-hydrogen) atoms. The summed E-state index contributed by atoms with van der Waals surface area (Å²) in [6.07, 6.45) is 7.93. The first-order valence-corrected chi connectivity index (χ1v) is 7.67. The molecule has 108 valence electrons. The van der Waals surface area contributed by atoms with E-state index in [4.69, 9.17) is 4.74 Å². The molecule has 0 unspecified atom stereocenters. The fourth-order valence-electron chi connectivity index (χ4n) is 2.13. The van der Waals surface area contributed by atoms with Gasteiger partial charge < -0.3 is 10.1 Å². The molecule has 0 radical (unpaired) electrons. The van der Waals surface area contributed by atoms with Gasteiger partial charge in [0.05, 0.1) is 6.61 Å². The lowest BCUT2D eigenvalue weighted by atomic mass is 10.1. The third-order valence-corrected chi connectivity index (χ3v) is 3.31. The Bertz CT molecular complexity index is 308. The molecule has 0 aliphatic rings. The van der Waals surface area contributed by atoms with Gasteiger partial charge in [0.15, 0.2) is 0 Å². The molecule has 1 aromatic rings. The maximum Gasteiger partial charge on any atom is 0.0716 e. The third kappa shape index (κ3) is 8.02. The Morgan fingerprint density at radius 2 is 1.53 bits per heavy atom. The van der Waals surface area contributed by atoms with Crippen molar-refractivity contribution in [3.63, 3.8) is 0 Å². The van der Waals surface area contributed by atoms with Gasteiger partial charge in [-0.05, 0) is 24.6 Å². The summed E-state index contributed by atoms with van der Waals surface area (Å²) in [7, 11) is 1.97. The van der Waals surface area contributed by atoms with Crippen LogP contribution in [0.15, 0.2) is 24.3 Å². The van der Waals surface area contributed by atoms with Crippen molar-refractivity contribution in [2.75, 3.05) is 13.7 Å². The fourth-order valence-corrected chi connectivity index (χ4v) is 2.13. The first-order chi connectivity index (χ1) is 9.36. The topological polar surface area (TPSA) is 21.3 Å². The Hall–Kier alpha value is -0.860. The molecule has 1 aromatic carbocycles. The molecule has 0 fully saturated rings. The Morgan fingerprint density at radius 1 is 0.895 bits per heavy atom. The minimum Gasteiger partial charge on any atom is -0.377 e. The zero-order chi connectivity index (χ0) is 13.8. The van der Waals surface area contributed by atoms with Crippen LogP contribution in [0.3, 0.4) is 0 Å². The zero-order valence-corrected chi connectivity index (χ0v) is 12.6. The van der Waals surface area contributed by atoms with Gasteiger partial charge in [-0.3, -0.25) is 0 Å². The molecule has 1 rings (SSSR count). The van der Waals surface area contributed by atoms with E-state index in [1.807, 2.05) is 7.05 Å². The van der Waals surface area contributed by atoms with Crippen molar-refractivity contribution in [2.45, 2.75) is 58.6 Å². The SMILES string of the molecule is CCCCCCCCOCc1ccc(CNC)cc1. The molecule has 0 amide bonds. The molecule has 0 aliphatic heterocycles. The zero-order valence-electron chi connectivity index (χ0n) is 12.6. The van der Waals surface area contributed by atoms with Gasteiger partial charge in [0.2, 0.25) is 0 Å². The number of unbranched alkanes of at least 4 members (excludes halogenated alkanes) is 5. The van der Waals surface area contributed by atoms with Crippen LogP contribution in [0, 0.1) is 0 Å². The highest BCUT2D eigenvalue weighted by Gasteiger charge is 1.95. The summed E-state index contributed by atoms with van der Waals surface area (Å²) in [6.45, 7) is 4.82. The van der Waals surface area contributed by atoms with Gasteiger partial charge in [-0.2, -0.15) is 0 Å². The van der Waals surface area contributed by atoms with Crippen molar-refractivity contribution < 1.29 is 4.74 Å². The molecule has 2 nitrogen and oxygen atoms in total. The van der Waals surface area contributed by atoms with Gasteiger partial charge in [-0.25, -0.2) is 0 Å². The van der Waals surface area contributed by atoms with Crippen LogP contribution in [0.25, 0.3) is 0 Å². The number of ether oxygens (including phenoxy) is 1.